The fourth-order valence-electron chi connectivity index (χ4n) is 5.32. The molecule has 1 saturated carbocycles. The van der Waals surface area contributed by atoms with Crippen LogP contribution in [0.15, 0.2) is 30.3 Å². The molecule has 1 aromatic carbocycles. The Labute approximate surface area is 173 Å². The van der Waals surface area contributed by atoms with E-state index >= 15 is 0 Å². The molecule has 2 fully saturated rings. The maximum absolute atomic E-state index is 12.9. The Bertz CT molecular complexity index is 807. The van der Waals surface area contributed by atoms with Gasteiger partial charge in [0.25, 0.3) is 0 Å². The zero-order valence-corrected chi connectivity index (χ0v) is 17.0. The van der Waals surface area contributed by atoms with Gasteiger partial charge in [-0.3, -0.25) is 0 Å². The second kappa shape index (κ2) is 9.00. The van der Waals surface area contributed by atoms with Crippen LogP contribution in [0.4, 0.5) is 4.79 Å². The first-order chi connectivity index (χ1) is 14.2. The normalized spacial score (nSPS) is 27.5. The van der Waals surface area contributed by atoms with E-state index in [-0.39, 0.29) is 30.6 Å². The summed E-state index contributed by atoms with van der Waals surface area (Å²) in [7, 11) is 0. The average molecular weight is 394 g/mol. The van der Waals surface area contributed by atoms with Gasteiger partial charge in [0, 0.05) is 12.0 Å². The monoisotopic (exact) mass is 393 g/mol. The van der Waals surface area contributed by atoms with Crippen molar-refractivity contribution in [2.45, 2.75) is 81.8 Å². The summed E-state index contributed by atoms with van der Waals surface area (Å²) in [5.74, 6) is -0.152. The van der Waals surface area contributed by atoms with E-state index in [0.29, 0.717) is 0 Å². The number of nitrogens with one attached hydrogen (secondary N) is 1. The Morgan fingerprint density at radius 2 is 1.97 bits per heavy atom. The lowest BCUT2D eigenvalue weighted by molar-refractivity contribution is 0.0152. The van der Waals surface area contributed by atoms with Crippen LogP contribution in [0.3, 0.4) is 0 Å². The zero-order valence-electron chi connectivity index (χ0n) is 17.0. The molecule has 1 saturated heterocycles. The molecule has 2 amide bonds. The fraction of sp³-hybridized carbons (Fsp3) is 0.583. The summed E-state index contributed by atoms with van der Waals surface area (Å²) < 4.78 is 0. The Hall–Kier alpha value is -2.32. The number of urea groups is 1. The number of aliphatic hydroxyl groups excluding tert-OH is 1. The van der Waals surface area contributed by atoms with Gasteiger partial charge in [-0.05, 0) is 55.2 Å². The van der Waals surface area contributed by atoms with Crippen molar-refractivity contribution in [2.24, 2.45) is 0 Å². The molecule has 0 bridgehead atoms. The van der Waals surface area contributed by atoms with Gasteiger partial charge < -0.3 is 15.3 Å². The first kappa shape index (κ1) is 20.0. The minimum absolute atomic E-state index is 0.131. The zero-order chi connectivity index (χ0) is 20.2. The molecule has 2 aliphatic carbocycles. The molecule has 0 aromatic heterocycles. The highest BCUT2D eigenvalue weighted by atomic mass is 16.3. The number of allylic oxidation sites excluding steroid dienone is 2. The van der Waals surface area contributed by atoms with E-state index < -0.39 is 6.04 Å². The third-order valence-corrected chi connectivity index (χ3v) is 6.86. The maximum atomic E-state index is 12.9. The van der Waals surface area contributed by atoms with E-state index in [2.05, 4.69) is 29.6 Å². The summed E-state index contributed by atoms with van der Waals surface area (Å²) in [6.07, 6.45) is 12.4. The average Bonchev–Trinajstić information content (AvgIpc) is 2.75. The molecule has 1 heterocycles. The van der Waals surface area contributed by atoms with Gasteiger partial charge in [0.1, 0.15) is 6.04 Å². The summed E-state index contributed by atoms with van der Waals surface area (Å²) >= 11 is 0. The fourth-order valence-corrected chi connectivity index (χ4v) is 5.32. The van der Waals surface area contributed by atoms with Crippen molar-refractivity contribution in [1.82, 2.24) is 10.2 Å². The smallest absolute Gasteiger partial charge is 0.319 e. The standard InChI is InChI=1S/C24H31N3O2/c25-15-21-23(20-14-8-7-13-19(20)17-9-3-1-4-10-17)22(16-28)27(21)24(29)26-18-11-5-2-6-12-18/h7-9,13-14,18,21-23,28H,1-6,10-12,16H2,(H,26,29)/t21-,22+,23+/m0/s1. The number of carbonyl (C=O) groups is 1. The van der Waals surface area contributed by atoms with Crippen LogP contribution < -0.4 is 5.32 Å². The second-order valence-electron chi connectivity index (χ2n) is 8.60. The van der Waals surface area contributed by atoms with Crippen LogP contribution in [0, 0.1) is 11.3 Å². The molecule has 3 atom stereocenters. The molecular formula is C24H31N3O2. The molecule has 5 heteroatoms. The molecule has 5 nitrogen and oxygen atoms in total. The molecule has 1 aromatic rings. The molecule has 154 valence electrons. The molecule has 0 unspecified atom stereocenters. The largest absolute Gasteiger partial charge is 0.394 e. The van der Waals surface area contributed by atoms with E-state index in [9.17, 15) is 15.2 Å². The number of amides is 2. The number of aliphatic hydroxyl groups is 1. The van der Waals surface area contributed by atoms with Gasteiger partial charge in [-0.2, -0.15) is 5.26 Å². The Kier molecular flexibility index (Phi) is 6.20. The topological polar surface area (TPSA) is 76.4 Å². The summed E-state index contributed by atoms with van der Waals surface area (Å²) in [5.41, 5.74) is 3.61. The van der Waals surface area contributed by atoms with Crippen LogP contribution in [-0.4, -0.2) is 40.8 Å². The van der Waals surface area contributed by atoms with Gasteiger partial charge in [0.05, 0.1) is 18.7 Å². The van der Waals surface area contributed by atoms with Gasteiger partial charge in [-0.1, -0.05) is 49.6 Å². The number of hydrogen-bond acceptors (Lipinski definition) is 3. The van der Waals surface area contributed by atoms with Crippen molar-refractivity contribution in [3.63, 3.8) is 0 Å². The Balaban J connectivity index is 1.57. The molecule has 29 heavy (non-hydrogen) atoms. The predicted octanol–water partition coefficient (Wildman–Crippen LogP) is 4.34. The van der Waals surface area contributed by atoms with Crippen LogP contribution in [0.2, 0.25) is 0 Å². The Morgan fingerprint density at radius 1 is 1.17 bits per heavy atom. The summed E-state index contributed by atoms with van der Waals surface area (Å²) in [6.45, 7) is -0.131. The number of benzene rings is 1. The molecule has 0 radical (unpaired) electrons. The van der Waals surface area contributed by atoms with Crippen LogP contribution in [0.1, 0.15) is 74.8 Å². The second-order valence-corrected chi connectivity index (χ2v) is 8.60. The van der Waals surface area contributed by atoms with Gasteiger partial charge in [-0.15, -0.1) is 0 Å². The van der Waals surface area contributed by atoms with E-state index in [0.717, 1.165) is 44.1 Å². The lowest BCUT2D eigenvalue weighted by Crippen LogP contribution is -2.68. The summed E-state index contributed by atoms with van der Waals surface area (Å²) in [4.78, 5) is 14.5. The van der Waals surface area contributed by atoms with E-state index in [4.69, 9.17) is 0 Å². The summed E-state index contributed by atoms with van der Waals surface area (Å²) in [5, 5.41) is 23.1. The van der Waals surface area contributed by atoms with Gasteiger partial charge in [0.2, 0.25) is 0 Å². The molecule has 4 rings (SSSR count). The first-order valence-corrected chi connectivity index (χ1v) is 11.1. The summed E-state index contributed by atoms with van der Waals surface area (Å²) in [6, 6.07) is 9.67. The van der Waals surface area contributed by atoms with Crippen molar-refractivity contribution in [3.8, 4) is 6.07 Å². The minimum atomic E-state index is -0.541. The highest BCUT2D eigenvalue weighted by molar-refractivity contribution is 5.78. The van der Waals surface area contributed by atoms with Crippen LogP contribution in [0.25, 0.3) is 5.57 Å². The third kappa shape index (κ3) is 3.91. The molecule has 0 spiro atoms. The number of nitrogens with zero attached hydrogens (tertiary/aromatic N) is 2. The van der Waals surface area contributed by atoms with E-state index in [1.54, 1.807) is 4.90 Å². The van der Waals surface area contributed by atoms with Gasteiger partial charge >= 0.3 is 6.03 Å². The quantitative estimate of drug-likeness (QED) is 0.799. The van der Waals surface area contributed by atoms with Crippen molar-refractivity contribution in [1.29, 1.82) is 5.26 Å². The van der Waals surface area contributed by atoms with Gasteiger partial charge in [-0.25, -0.2) is 4.79 Å². The highest BCUT2D eigenvalue weighted by Crippen LogP contribution is 2.44. The molecule has 2 N–H and O–H groups in total. The lowest BCUT2D eigenvalue weighted by atomic mass is 9.73. The molecule has 3 aliphatic rings. The molecule has 1 aliphatic heterocycles. The van der Waals surface area contributed by atoms with Crippen LogP contribution in [0.5, 0.6) is 0 Å². The van der Waals surface area contributed by atoms with Crippen molar-refractivity contribution in [3.05, 3.63) is 41.5 Å². The SMILES string of the molecule is N#C[C@H]1[C@@H](c2ccccc2C2=CCCCC2)[C@@H](CO)N1C(=O)NC1CCCCC1. The minimum Gasteiger partial charge on any atom is -0.394 e. The van der Waals surface area contributed by atoms with Crippen molar-refractivity contribution >= 4 is 11.6 Å². The van der Waals surface area contributed by atoms with Crippen molar-refractivity contribution < 1.29 is 9.90 Å². The van der Waals surface area contributed by atoms with Gasteiger partial charge in [0.15, 0.2) is 0 Å². The first-order valence-electron chi connectivity index (χ1n) is 11.1. The van der Waals surface area contributed by atoms with E-state index in [1.165, 1.54) is 30.4 Å². The van der Waals surface area contributed by atoms with Crippen LogP contribution >= 0.6 is 0 Å². The van der Waals surface area contributed by atoms with Crippen molar-refractivity contribution in [2.75, 3.05) is 6.61 Å². The number of likely N-dealkylation sites (tertiary alicyclic amines) is 1. The lowest BCUT2D eigenvalue weighted by Gasteiger charge is -2.52. The number of hydrogen-bond donors (Lipinski definition) is 2. The maximum Gasteiger partial charge on any atom is 0.319 e. The van der Waals surface area contributed by atoms with Crippen LogP contribution in [-0.2, 0) is 0 Å². The third-order valence-electron chi connectivity index (χ3n) is 6.86. The number of rotatable bonds is 4. The number of nitriles is 1. The Morgan fingerprint density at radius 3 is 2.66 bits per heavy atom. The molecular weight excluding hydrogens is 362 g/mol. The number of carbonyl (C=O) groups excluding carboxylic acids is 1. The van der Waals surface area contributed by atoms with E-state index in [1.807, 2.05) is 12.1 Å². The highest BCUT2D eigenvalue weighted by Gasteiger charge is 2.52. The predicted molar refractivity (Wildman–Crippen MR) is 113 cm³/mol.